The molecule has 0 spiro atoms. The Kier molecular flexibility index (Phi) is 6.01. The average Bonchev–Trinajstić information content (AvgIpc) is 3.45. The van der Waals surface area contributed by atoms with Crippen LogP contribution in [0.4, 0.5) is 11.5 Å². The van der Waals surface area contributed by atoms with Crippen molar-refractivity contribution in [1.82, 2.24) is 24.7 Å². The standard InChI is InChI=1S/C28H33N7O3S/c1-17-21-14-30-35(24(21)12-23(31-17)22-13-29-9-6-25(22)38-4)27-11-20(10-26(32-27)33-28(3)7-8-28)34-15-19(18(34)2)16-39(5,36)37/h6,9-14,18-19H,7-8,15-16H2,1-5H3,(H,32,33)/t18-,19-/m1/s1. The maximum absolute atomic E-state index is 11.9. The van der Waals surface area contributed by atoms with Crippen molar-refractivity contribution in [1.29, 1.82) is 0 Å². The number of aryl methyl sites for hydroxylation is 1. The Morgan fingerprint density at radius 3 is 2.67 bits per heavy atom. The summed E-state index contributed by atoms with van der Waals surface area (Å²) in [5.41, 5.74) is 4.30. The van der Waals surface area contributed by atoms with Crippen LogP contribution < -0.4 is 15.0 Å². The van der Waals surface area contributed by atoms with Crippen LogP contribution in [0.15, 0.2) is 42.9 Å². The molecule has 5 heterocycles. The summed E-state index contributed by atoms with van der Waals surface area (Å²) in [5, 5.41) is 9.26. The number of nitrogens with one attached hydrogen (secondary N) is 1. The third kappa shape index (κ3) is 4.91. The van der Waals surface area contributed by atoms with Gasteiger partial charge in [0.15, 0.2) is 5.82 Å². The average molecular weight is 548 g/mol. The number of rotatable bonds is 8. The van der Waals surface area contributed by atoms with Gasteiger partial charge in [0.1, 0.15) is 21.4 Å². The zero-order chi connectivity index (χ0) is 27.5. The van der Waals surface area contributed by atoms with Crippen molar-refractivity contribution in [3.8, 4) is 22.8 Å². The topological polar surface area (TPSA) is 115 Å². The summed E-state index contributed by atoms with van der Waals surface area (Å²) in [5.74, 6) is 2.46. The fraction of sp³-hybridized carbons (Fsp3) is 0.429. The first-order chi connectivity index (χ1) is 18.5. The molecule has 4 aromatic rings. The number of pyridine rings is 3. The second-order valence-corrected chi connectivity index (χ2v) is 13.3. The lowest BCUT2D eigenvalue weighted by Gasteiger charge is -2.48. The van der Waals surface area contributed by atoms with Crippen molar-refractivity contribution < 1.29 is 13.2 Å². The van der Waals surface area contributed by atoms with Crippen LogP contribution in [0, 0.1) is 12.8 Å². The van der Waals surface area contributed by atoms with E-state index >= 15 is 0 Å². The zero-order valence-corrected chi connectivity index (χ0v) is 23.7. The third-order valence-electron chi connectivity index (χ3n) is 7.93. The minimum Gasteiger partial charge on any atom is -0.496 e. The van der Waals surface area contributed by atoms with Crippen LogP contribution in [-0.2, 0) is 9.84 Å². The Bertz CT molecular complexity index is 1680. The highest BCUT2D eigenvalue weighted by molar-refractivity contribution is 7.90. The van der Waals surface area contributed by atoms with Crippen molar-refractivity contribution in [2.24, 2.45) is 5.92 Å². The summed E-state index contributed by atoms with van der Waals surface area (Å²) in [6, 6.07) is 8.00. The quantitative estimate of drug-likeness (QED) is 0.349. The SMILES string of the molecule is COc1ccncc1-c1cc2c(cnn2-c2cc(N3C[C@H](CS(C)(=O)=O)[C@H]3C)cc(NC3(C)CC3)n2)c(C)n1. The molecule has 39 heavy (non-hydrogen) atoms. The van der Waals surface area contributed by atoms with E-state index in [1.165, 1.54) is 6.26 Å². The van der Waals surface area contributed by atoms with Crippen LogP contribution in [0.25, 0.3) is 28.0 Å². The predicted molar refractivity (Wildman–Crippen MR) is 152 cm³/mol. The molecule has 4 aromatic heterocycles. The van der Waals surface area contributed by atoms with Crippen LogP contribution in [-0.4, -0.2) is 70.4 Å². The van der Waals surface area contributed by atoms with E-state index in [2.05, 4.69) is 35.1 Å². The van der Waals surface area contributed by atoms with E-state index < -0.39 is 9.84 Å². The Labute approximate surface area is 228 Å². The molecular weight excluding hydrogens is 514 g/mol. The van der Waals surface area contributed by atoms with Crippen molar-refractivity contribution in [3.05, 3.63) is 48.5 Å². The van der Waals surface area contributed by atoms with Gasteiger partial charge < -0.3 is 15.0 Å². The number of ether oxygens (including phenoxy) is 1. The molecule has 1 saturated heterocycles. The van der Waals surface area contributed by atoms with E-state index in [1.807, 2.05) is 36.0 Å². The fourth-order valence-electron chi connectivity index (χ4n) is 5.32. The van der Waals surface area contributed by atoms with Gasteiger partial charge in [-0.05, 0) is 45.7 Å². The number of anilines is 2. The molecule has 1 aliphatic carbocycles. The van der Waals surface area contributed by atoms with Gasteiger partial charge in [0.2, 0.25) is 0 Å². The van der Waals surface area contributed by atoms with E-state index in [4.69, 9.17) is 19.8 Å². The van der Waals surface area contributed by atoms with Gasteiger partial charge >= 0.3 is 0 Å². The number of methoxy groups -OCH3 is 1. The van der Waals surface area contributed by atoms with Gasteiger partial charge in [0.25, 0.3) is 0 Å². The lowest BCUT2D eigenvalue weighted by atomic mass is 9.91. The van der Waals surface area contributed by atoms with E-state index in [0.29, 0.717) is 18.1 Å². The first-order valence-corrected chi connectivity index (χ1v) is 15.2. The molecule has 0 radical (unpaired) electrons. The monoisotopic (exact) mass is 547 g/mol. The molecule has 10 nitrogen and oxygen atoms in total. The van der Waals surface area contributed by atoms with E-state index in [-0.39, 0.29) is 23.3 Å². The highest BCUT2D eigenvalue weighted by atomic mass is 32.2. The first kappa shape index (κ1) is 25.5. The molecule has 0 unspecified atom stereocenters. The van der Waals surface area contributed by atoms with Gasteiger partial charge in [-0.3, -0.25) is 9.97 Å². The largest absolute Gasteiger partial charge is 0.496 e. The number of fused-ring (bicyclic) bond motifs is 1. The molecule has 6 rings (SSSR count). The van der Waals surface area contributed by atoms with Crippen molar-refractivity contribution in [2.45, 2.75) is 45.2 Å². The molecule has 2 atom stereocenters. The summed E-state index contributed by atoms with van der Waals surface area (Å²) in [6.45, 7) is 6.93. The van der Waals surface area contributed by atoms with E-state index in [0.717, 1.165) is 52.2 Å². The van der Waals surface area contributed by atoms with Gasteiger partial charge in [-0.1, -0.05) is 0 Å². The fourth-order valence-corrected chi connectivity index (χ4v) is 6.48. The van der Waals surface area contributed by atoms with E-state index in [1.54, 1.807) is 19.5 Å². The molecule has 1 N–H and O–H groups in total. The molecule has 204 valence electrons. The maximum Gasteiger partial charge on any atom is 0.158 e. The molecule has 0 bridgehead atoms. The smallest absolute Gasteiger partial charge is 0.158 e. The van der Waals surface area contributed by atoms with Crippen LogP contribution in [0.3, 0.4) is 0 Å². The molecule has 11 heteroatoms. The molecular formula is C28H33N7O3S. The predicted octanol–water partition coefficient (Wildman–Crippen LogP) is 4.03. The van der Waals surface area contributed by atoms with E-state index in [9.17, 15) is 8.42 Å². The maximum atomic E-state index is 11.9. The van der Waals surface area contributed by atoms with Crippen molar-refractivity contribution in [2.75, 3.05) is 35.9 Å². The molecule has 0 aromatic carbocycles. The highest BCUT2D eigenvalue weighted by Crippen LogP contribution is 2.40. The van der Waals surface area contributed by atoms with Crippen LogP contribution >= 0.6 is 0 Å². The van der Waals surface area contributed by atoms with Crippen molar-refractivity contribution in [3.63, 3.8) is 0 Å². The van der Waals surface area contributed by atoms with Gasteiger partial charge in [-0.25, -0.2) is 18.1 Å². The molecule has 2 fully saturated rings. The van der Waals surface area contributed by atoms with Gasteiger partial charge in [0.05, 0.1) is 35.8 Å². The summed E-state index contributed by atoms with van der Waals surface area (Å²) < 4.78 is 31.2. The molecule has 2 aliphatic rings. The minimum atomic E-state index is -3.04. The first-order valence-electron chi connectivity index (χ1n) is 13.1. The number of hydrogen-bond acceptors (Lipinski definition) is 9. The summed E-state index contributed by atoms with van der Waals surface area (Å²) in [4.78, 5) is 16.3. The summed E-state index contributed by atoms with van der Waals surface area (Å²) in [7, 11) is -1.40. The lowest BCUT2D eigenvalue weighted by Crippen LogP contribution is -2.57. The van der Waals surface area contributed by atoms with Gasteiger partial charge in [-0.15, -0.1) is 0 Å². The minimum absolute atomic E-state index is 0.0407. The van der Waals surface area contributed by atoms with Crippen LogP contribution in [0.2, 0.25) is 0 Å². The Morgan fingerprint density at radius 2 is 1.97 bits per heavy atom. The number of aromatic nitrogens is 5. The normalized spacial score (nSPS) is 20.1. The van der Waals surface area contributed by atoms with Gasteiger partial charge in [-0.2, -0.15) is 5.10 Å². The second kappa shape index (κ2) is 9.18. The van der Waals surface area contributed by atoms with Crippen molar-refractivity contribution >= 4 is 32.2 Å². The number of hydrogen-bond donors (Lipinski definition) is 1. The zero-order valence-electron chi connectivity index (χ0n) is 22.8. The lowest BCUT2D eigenvalue weighted by molar-refractivity contribution is 0.341. The third-order valence-corrected chi connectivity index (χ3v) is 8.97. The molecule has 1 saturated carbocycles. The Morgan fingerprint density at radius 1 is 1.18 bits per heavy atom. The molecule has 1 aliphatic heterocycles. The number of sulfone groups is 1. The number of nitrogens with zero attached hydrogens (tertiary/aromatic N) is 6. The summed E-state index contributed by atoms with van der Waals surface area (Å²) >= 11 is 0. The summed E-state index contributed by atoms with van der Waals surface area (Å²) in [6.07, 6.45) is 8.76. The van der Waals surface area contributed by atoms with Crippen LogP contribution in [0.5, 0.6) is 5.75 Å². The van der Waals surface area contributed by atoms with Crippen LogP contribution in [0.1, 0.15) is 32.4 Å². The Balaban J connectivity index is 1.43. The highest BCUT2D eigenvalue weighted by Gasteiger charge is 2.40. The molecule has 0 amide bonds. The second-order valence-electron chi connectivity index (χ2n) is 11.2. The van der Waals surface area contributed by atoms with Gasteiger partial charge in [0, 0.05) is 71.6 Å². The Hall–Kier alpha value is -3.73.